The van der Waals surface area contributed by atoms with Crippen LogP contribution in [0, 0.1) is 11.8 Å². The molecule has 0 amide bonds. The van der Waals surface area contributed by atoms with Gasteiger partial charge >= 0.3 is 12.4 Å². The van der Waals surface area contributed by atoms with Crippen LogP contribution in [-0.2, 0) is 12.4 Å². The predicted molar refractivity (Wildman–Crippen MR) is 158 cm³/mol. The van der Waals surface area contributed by atoms with Crippen LogP contribution in [0.4, 0.5) is 32.2 Å². The summed E-state index contributed by atoms with van der Waals surface area (Å²) in [6.45, 7) is 1.32. The second-order valence-corrected chi connectivity index (χ2v) is 11.3. The van der Waals surface area contributed by atoms with E-state index in [9.17, 15) is 26.3 Å². The van der Waals surface area contributed by atoms with Crippen LogP contribution < -0.4 is 11.1 Å². The zero-order valence-corrected chi connectivity index (χ0v) is 23.7. The van der Waals surface area contributed by atoms with Gasteiger partial charge in [-0.1, -0.05) is 48.4 Å². The number of hydrogen-bond acceptors (Lipinski definition) is 4. The topological polar surface area (TPSA) is 63.8 Å². The third-order valence-electron chi connectivity index (χ3n) is 7.75. The maximum Gasteiger partial charge on any atom is 0.417 e. The van der Waals surface area contributed by atoms with Gasteiger partial charge in [-0.15, -0.1) is 0 Å². The Morgan fingerprint density at radius 2 is 1.63 bits per heavy atom. The lowest BCUT2D eigenvalue weighted by Crippen LogP contribution is -2.26. The van der Waals surface area contributed by atoms with Crippen LogP contribution in [-0.4, -0.2) is 23.1 Å². The van der Waals surface area contributed by atoms with E-state index in [4.69, 9.17) is 17.3 Å². The zero-order valence-electron chi connectivity index (χ0n) is 22.9. The lowest BCUT2D eigenvalue weighted by atomic mass is 9.81. The SMILES string of the molecule is NCC1CCCC(CNc2nc(C=Cc3ccc(-c4cccc(C(F)(F)F)c4)cc3C(F)(F)F)nc3cc(Cl)ccc23)C1. The van der Waals surface area contributed by atoms with E-state index in [0.29, 0.717) is 41.3 Å². The summed E-state index contributed by atoms with van der Waals surface area (Å²) >= 11 is 6.20. The van der Waals surface area contributed by atoms with Crippen LogP contribution in [0.1, 0.15) is 48.2 Å². The van der Waals surface area contributed by atoms with E-state index in [-0.39, 0.29) is 22.5 Å². The van der Waals surface area contributed by atoms with Gasteiger partial charge < -0.3 is 11.1 Å². The van der Waals surface area contributed by atoms with Crippen molar-refractivity contribution in [1.82, 2.24) is 9.97 Å². The first kappa shape index (κ1) is 30.8. The number of benzene rings is 3. The molecule has 1 heterocycles. The molecule has 0 saturated heterocycles. The number of aromatic nitrogens is 2. The molecular weight excluding hydrogens is 590 g/mol. The summed E-state index contributed by atoms with van der Waals surface area (Å²) in [5.74, 6) is 1.63. The van der Waals surface area contributed by atoms with Crippen LogP contribution >= 0.6 is 11.6 Å². The van der Waals surface area contributed by atoms with Gasteiger partial charge in [0.05, 0.1) is 16.6 Å². The number of nitrogens with zero attached hydrogens (tertiary/aromatic N) is 2. The van der Waals surface area contributed by atoms with Gasteiger partial charge in [0.15, 0.2) is 5.82 Å². The van der Waals surface area contributed by atoms with Gasteiger partial charge in [0.1, 0.15) is 5.82 Å². The van der Waals surface area contributed by atoms with Gasteiger partial charge in [-0.05, 0) is 96.8 Å². The highest BCUT2D eigenvalue weighted by Gasteiger charge is 2.34. The molecule has 0 spiro atoms. The maximum atomic E-state index is 14.1. The maximum absolute atomic E-state index is 14.1. The average Bonchev–Trinajstić information content (AvgIpc) is 2.97. The molecule has 0 radical (unpaired) electrons. The first-order chi connectivity index (χ1) is 20.4. The Morgan fingerprint density at radius 1 is 0.860 bits per heavy atom. The van der Waals surface area contributed by atoms with Gasteiger partial charge in [-0.2, -0.15) is 26.3 Å². The van der Waals surface area contributed by atoms with Crippen molar-refractivity contribution in [3.05, 3.63) is 88.2 Å². The molecule has 1 aliphatic rings. The number of hydrogen-bond donors (Lipinski definition) is 2. The van der Waals surface area contributed by atoms with Gasteiger partial charge in [0.2, 0.25) is 0 Å². The van der Waals surface area contributed by atoms with Crippen molar-refractivity contribution < 1.29 is 26.3 Å². The first-order valence-corrected chi connectivity index (χ1v) is 14.3. The molecule has 2 unspecified atom stereocenters. The molecular formula is C32H29ClF6N4. The van der Waals surface area contributed by atoms with Crippen LogP contribution in [0.15, 0.2) is 60.7 Å². The Hall–Kier alpha value is -3.63. The molecule has 11 heteroatoms. The molecule has 3 aromatic carbocycles. The summed E-state index contributed by atoms with van der Waals surface area (Å²) in [5.41, 5.74) is 4.34. The largest absolute Gasteiger partial charge is 0.417 e. The number of anilines is 1. The van der Waals surface area contributed by atoms with E-state index in [1.807, 2.05) is 0 Å². The van der Waals surface area contributed by atoms with Crippen molar-refractivity contribution in [2.24, 2.45) is 17.6 Å². The molecule has 3 N–H and O–H groups in total. The fraction of sp³-hybridized carbons (Fsp3) is 0.312. The molecule has 1 aromatic heterocycles. The Kier molecular flexibility index (Phi) is 8.99. The van der Waals surface area contributed by atoms with Gasteiger partial charge in [0.25, 0.3) is 0 Å². The normalized spacial score (nSPS) is 18.0. The molecule has 4 nitrogen and oxygen atoms in total. The van der Waals surface area contributed by atoms with Gasteiger partial charge in [-0.3, -0.25) is 0 Å². The first-order valence-electron chi connectivity index (χ1n) is 13.9. The standard InChI is InChI=1S/C32H29ClF6N4/c33-25-10-11-26-28(16-25)42-29(43-30(26)41-18-20-4-1-3-19(13-20)17-40)12-9-21-7-8-23(15-27(21)32(37,38)39)22-5-2-6-24(14-22)31(34,35)36/h2,5-12,14-16,19-20H,1,3-4,13,17-18,40H2,(H,41,42,43). The molecule has 0 aliphatic heterocycles. The fourth-order valence-electron chi connectivity index (χ4n) is 5.54. The summed E-state index contributed by atoms with van der Waals surface area (Å²) in [4.78, 5) is 9.09. The number of rotatable bonds is 7. The monoisotopic (exact) mass is 618 g/mol. The van der Waals surface area contributed by atoms with E-state index < -0.39 is 23.5 Å². The van der Waals surface area contributed by atoms with E-state index in [2.05, 4.69) is 15.3 Å². The number of nitrogens with two attached hydrogens (primary N) is 1. The molecule has 0 bridgehead atoms. The lowest BCUT2D eigenvalue weighted by Gasteiger charge is -2.28. The second kappa shape index (κ2) is 12.5. The van der Waals surface area contributed by atoms with E-state index in [1.54, 1.807) is 18.2 Å². The molecule has 1 fully saturated rings. The Bertz CT molecular complexity index is 1630. The molecule has 43 heavy (non-hydrogen) atoms. The fourth-order valence-corrected chi connectivity index (χ4v) is 5.71. The van der Waals surface area contributed by atoms with Crippen molar-refractivity contribution >= 4 is 40.5 Å². The summed E-state index contributed by atoms with van der Waals surface area (Å²) in [7, 11) is 0. The number of halogens is 7. The van der Waals surface area contributed by atoms with Crippen molar-refractivity contribution in [2.45, 2.75) is 38.0 Å². The smallest absolute Gasteiger partial charge is 0.369 e. The predicted octanol–water partition coefficient (Wildman–Crippen LogP) is 9.34. The summed E-state index contributed by atoms with van der Waals surface area (Å²) in [5, 5.41) is 4.59. The van der Waals surface area contributed by atoms with Crippen molar-refractivity contribution in [3.8, 4) is 11.1 Å². The van der Waals surface area contributed by atoms with E-state index in [0.717, 1.165) is 49.3 Å². The molecule has 2 atom stereocenters. The average molecular weight is 619 g/mol. The third kappa shape index (κ3) is 7.48. The molecule has 4 aromatic rings. The molecule has 5 rings (SSSR count). The zero-order chi connectivity index (χ0) is 30.8. The molecule has 1 saturated carbocycles. The Balaban J connectivity index is 1.46. The van der Waals surface area contributed by atoms with Crippen molar-refractivity contribution in [1.29, 1.82) is 0 Å². The second-order valence-electron chi connectivity index (χ2n) is 10.8. The van der Waals surface area contributed by atoms with E-state index in [1.165, 1.54) is 36.4 Å². The number of nitrogens with one attached hydrogen (secondary N) is 1. The van der Waals surface area contributed by atoms with Gasteiger partial charge in [0, 0.05) is 17.0 Å². The summed E-state index contributed by atoms with van der Waals surface area (Å²) in [6, 6.07) is 12.8. The van der Waals surface area contributed by atoms with Crippen LogP contribution in [0.3, 0.4) is 0 Å². The highest BCUT2D eigenvalue weighted by Crippen LogP contribution is 2.38. The molecule has 226 valence electrons. The van der Waals surface area contributed by atoms with Crippen molar-refractivity contribution in [3.63, 3.8) is 0 Å². The quantitative estimate of drug-likeness (QED) is 0.203. The van der Waals surface area contributed by atoms with E-state index >= 15 is 0 Å². The number of alkyl halides is 6. The number of fused-ring (bicyclic) bond motifs is 1. The minimum absolute atomic E-state index is 0.0123. The minimum Gasteiger partial charge on any atom is -0.369 e. The summed E-state index contributed by atoms with van der Waals surface area (Å²) < 4.78 is 81.9. The van der Waals surface area contributed by atoms with Crippen LogP contribution in [0.25, 0.3) is 34.2 Å². The molecule has 1 aliphatic carbocycles. The van der Waals surface area contributed by atoms with Gasteiger partial charge in [-0.25, -0.2) is 9.97 Å². The highest BCUT2D eigenvalue weighted by atomic mass is 35.5. The van der Waals surface area contributed by atoms with Crippen LogP contribution in [0.5, 0.6) is 0 Å². The lowest BCUT2D eigenvalue weighted by molar-refractivity contribution is -0.138. The van der Waals surface area contributed by atoms with Crippen LogP contribution in [0.2, 0.25) is 5.02 Å². The third-order valence-corrected chi connectivity index (χ3v) is 7.99. The highest BCUT2D eigenvalue weighted by molar-refractivity contribution is 6.31. The summed E-state index contributed by atoms with van der Waals surface area (Å²) in [6.07, 6.45) is -2.43. The van der Waals surface area contributed by atoms with Crippen molar-refractivity contribution in [2.75, 3.05) is 18.4 Å². The Labute approximate surface area is 250 Å². The Morgan fingerprint density at radius 3 is 2.37 bits per heavy atom. The minimum atomic E-state index is -4.76.